The predicted molar refractivity (Wildman–Crippen MR) is 115 cm³/mol. The lowest BCUT2D eigenvalue weighted by atomic mass is 10.1. The number of aromatic amines is 1. The molecule has 0 aliphatic carbocycles. The highest BCUT2D eigenvalue weighted by atomic mass is 19.4. The van der Waals surface area contributed by atoms with E-state index in [4.69, 9.17) is 0 Å². The van der Waals surface area contributed by atoms with Gasteiger partial charge in [-0.15, -0.1) is 0 Å². The van der Waals surface area contributed by atoms with Crippen LogP contribution in [0.3, 0.4) is 0 Å². The molecular weight excluding hydrogens is 405 g/mol. The highest BCUT2D eigenvalue weighted by Gasteiger charge is 2.33. The van der Waals surface area contributed by atoms with Gasteiger partial charge in [0, 0.05) is 47.7 Å². The number of halogens is 3. The maximum absolute atomic E-state index is 13.6. The Kier molecular flexibility index (Phi) is 5.62. The van der Waals surface area contributed by atoms with Crippen molar-refractivity contribution in [3.8, 4) is 5.88 Å². The lowest BCUT2D eigenvalue weighted by molar-refractivity contribution is -0.136. The summed E-state index contributed by atoms with van der Waals surface area (Å²) in [5.41, 5.74) is 1.24. The summed E-state index contributed by atoms with van der Waals surface area (Å²) in [5, 5.41) is 13.7. The van der Waals surface area contributed by atoms with E-state index in [0.717, 1.165) is 17.1 Å². The topological polar surface area (TPSA) is 73.3 Å². The van der Waals surface area contributed by atoms with Crippen molar-refractivity contribution in [3.05, 3.63) is 83.7 Å². The van der Waals surface area contributed by atoms with Gasteiger partial charge in [0.1, 0.15) is 0 Å². The molecule has 0 saturated heterocycles. The number of aliphatic imine (C=N–C) groups is 1. The fourth-order valence-corrected chi connectivity index (χ4v) is 3.29. The Morgan fingerprint density at radius 2 is 1.87 bits per heavy atom. The Morgan fingerprint density at radius 3 is 2.65 bits per heavy atom. The third-order valence-electron chi connectivity index (χ3n) is 4.80. The van der Waals surface area contributed by atoms with Crippen LogP contribution in [0.15, 0.2) is 71.9 Å². The highest BCUT2D eigenvalue weighted by molar-refractivity contribution is 6.02. The Balaban J connectivity index is 1.56. The van der Waals surface area contributed by atoms with E-state index in [2.05, 4.69) is 20.3 Å². The molecule has 8 heteroatoms. The molecule has 0 spiro atoms. The summed E-state index contributed by atoms with van der Waals surface area (Å²) in [7, 11) is 0. The molecule has 0 atom stereocenters. The quantitative estimate of drug-likeness (QED) is 0.348. The molecule has 0 unspecified atom stereocenters. The van der Waals surface area contributed by atoms with Crippen LogP contribution in [0.1, 0.15) is 16.8 Å². The van der Waals surface area contributed by atoms with Crippen LogP contribution in [-0.4, -0.2) is 27.8 Å². The van der Waals surface area contributed by atoms with Gasteiger partial charge in [0.15, 0.2) is 5.88 Å². The summed E-state index contributed by atoms with van der Waals surface area (Å²) in [6.07, 6.45) is -1.04. The molecule has 2 aromatic heterocycles. The number of hydrogen-bond acceptors (Lipinski definition) is 4. The van der Waals surface area contributed by atoms with Gasteiger partial charge in [-0.25, -0.2) is 0 Å². The molecule has 4 rings (SSSR count). The van der Waals surface area contributed by atoms with Gasteiger partial charge >= 0.3 is 6.18 Å². The van der Waals surface area contributed by atoms with E-state index < -0.39 is 11.7 Å². The normalized spacial score (nSPS) is 12.0. The lowest BCUT2D eigenvalue weighted by Crippen LogP contribution is -2.13. The van der Waals surface area contributed by atoms with E-state index in [1.165, 1.54) is 18.3 Å². The zero-order chi connectivity index (χ0) is 21.8. The molecule has 4 aromatic rings. The number of aromatic hydroxyl groups is 1. The van der Waals surface area contributed by atoms with Crippen LogP contribution in [0.5, 0.6) is 5.88 Å². The summed E-state index contributed by atoms with van der Waals surface area (Å²) in [6, 6.07) is 16.5. The average Bonchev–Trinajstić information content (AvgIpc) is 3.08. The molecule has 2 aromatic carbocycles. The summed E-state index contributed by atoms with van der Waals surface area (Å²) >= 11 is 0. The number of benzene rings is 2. The molecule has 0 aliphatic rings. The molecule has 5 nitrogen and oxygen atoms in total. The van der Waals surface area contributed by atoms with Gasteiger partial charge in [-0.1, -0.05) is 24.3 Å². The van der Waals surface area contributed by atoms with Crippen molar-refractivity contribution in [2.24, 2.45) is 4.99 Å². The minimum atomic E-state index is -4.54. The first-order valence-electron chi connectivity index (χ1n) is 9.60. The molecule has 0 bridgehead atoms. The molecule has 0 fully saturated rings. The first-order chi connectivity index (χ1) is 14.9. The third-order valence-corrected chi connectivity index (χ3v) is 4.80. The van der Waals surface area contributed by atoms with Crippen LogP contribution in [0.4, 0.5) is 24.5 Å². The second kappa shape index (κ2) is 8.51. The van der Waals surface area contributed by atoms with Gasteiger partial charge in [-0.3, -0.25) is 9.98 Å². The van der Waals surface area contributed by atoms with Crippen molar-refractivity contribution in [2.45, 2.75) is 12.6 Å². The number of anilines is 1. The number of fused-ring (bicyclic) bond motifs is 1. The second-order valence-corrected chi connectivity index (χ2v) is 6.92. The summed E-state index contributed by atoms with van der Waals surface area (Å²) < 4.78 is 40.8. The highest BCUT2D eigenvalue weighted by Crippen LogP contribution is 2.37. The minimum absolute atomic E-state index is 0.0164. The SMILES string of the molecule is Oc1[nH]c2ccccc2c1C=Nc1ccc(NCCc2ccccn2)c(C(F)(F)F)c1. The minimum Gasteiger partial charge on any atom is -0.494 e. The third kappa shape index (κ3) is 4.69. The number of nitrogens with one attached hydrogen (secondary N) is 2. The van der Waals surface area contributed by atoms with Crippen molar-refractivity contribution in [1.82, 2.24) is 9.97 Å². The Hall–Kier alpha value is -3.81. The van der Waals surface area contributed by atoms with Gasteiger partial charge in [-0.2, -0.15) is 13.2 Å². The molecular formula is C23H19F3N4O. The van der Waals surface area contributed by atoms with Gasteiger partial charge in [-0.05, 0) is 36.4 Å². The molecule has 2 heterocycles. The summed E-state index contributed by atoms with van der Waals surface area (Å²) in [4.78, 5) is 11.1. The van der Waals surface area contributed by atoms with Crippen LogP contribution >= 0.6 is 0 Å². The first kappa shape index (κ1) is 20.5. The number of pyridine rings is 1. The molecule has 0 amide bonds. The summed E-state index contributed by atoms with van der Waals surface area (Å²) in [5.74, 6) is -0.0891. The fourth-order valence-electron chi connectivity index (χ4n) is 3.29. The Labute approximate surface area is 176 Å². The van der Waals surface area contributed by atoms with E-state index in [0.29, 0.717) is 24.0 Å². The molecule has 3 N–H and O–H groups in total. The van der Waals surface area contributed by atoms with Crippen LogP contribution in [-0.2, 0) is 12.6 Å². The van der Waals surface area contributed by atoms with Crippen LogP contribution in [0.25, 0.3) is 10.9 Å². The van der Waals surface area contributed by atoms with Crippen molar-refractivity contribution in [3.63, 3.8) is 0 Å². The maximum atomic E-state index is 13.6. The van der Waals surface area contributed by atoms with Crippen molar-refractivity contribution >= 4 is 28.5 Å². The van der Waals surface area contributed by atoms with Crippen LogP contribution in [0, 0.1) is 0 Å². The van der Waals surface area contributed by atoms with Crippen LogP contribution < -0.4 is 5.32 Å². The van der Waals surface area contributed by atoms with Gasteiger partial charge in [0.25, 0.3) is 0 Å². The number of alkyl halides is 3. The Bertz CT molecular complexity index is 1220. The molecule has 0 saturated carbocycles. The lowest BCUT2D eigenvalue weighted by Gasteiger charge is -2.15. The average molecular weight is 424 g/mol. The number of nitrogens with zero attached hydrogens (tertiary/aromatic N) is 2. The summed E-state index contributed by atoms with van der Waals surface area (Å²) in [6.45, 7) is 0.311. The van der Waals surface area contributed by atoms with E-state index in [-0.39, 0.29) is 17.3 Å². The zero-order valence-electron chi connectivity index (χ0n) is 16.3. The number of hydrogen-bond donors (Lipinski definition) is 3. The van der Waals surface area contributed by atoms with Crippen molar-refractivity contribution in [1.29, 1.82) is 0 Å². The van der Waals surface area contributed by atoms with Crippen molar-refractivity contribution < 1.29 is 18.3 Å². The molecule has 31 heavy (non-hydrogen) atoms. The first-order valence-corrected chi connectivity index (χ1v) is 9.60. The van der Waals surface area contributed by atoms with E-state index in [9.17, 15) is 18.3 Å². The maximum Gasteiger partial charge on any atom is 0.418 e. The zero-order valence-corrected chi connectivity index (χ0v) is 16.3. The largest absolute Gasteiger partial charge is 0.494 e. The standard InChI is InChI=1S/C23H19F3N4O/c24-23(25,26)19-13-16(8-9-21(19)28-12-10-15-5-3-4-11-27-15)29-14-18-17-6-1-2-7-20(17)30-22(18)31/h1-9,11,13-14,28,30-31H,10,12H2. The van der Waals surface area contributed by atoms with E-state index in [1.807, 2.05) is 18.2 Å². The molecule has 0 radical (unpaired) electrons. The van der Waals surface area contributed by atoms with Crippen LogP contribution in [0.2, 0.25) is 0 Å². The van der Waals surface area contributed by atoms with Gasteiger partial charge < -0.3 is 15.4 Å². The predicted octanol–water partition coefficient (Wildman–Crippen LogP) is 5.69. The number of aromatic nitrogens is 2. The fraction of sp³-hybridized carbons (Fsp3) is 0.130. The second-order valence-electron chi connectivity index (χ2n) is 6.92. The number of para-hydroxylation sites is 1. The molecule has 0 aliphatic heterocycles. The van der Waals surface area contributed by atoms with Gasteiger partial charge in [0.2, 0.25) is 0 Å². The monoisotopic (exact) mass is 424 g/mol. The van der Waals surface area contributed by atoms with Gasteiger partial charge in [0.05, 0.1) is 16.8 Å². The van der Waals surface area contributed by atoms with E-state index in [1.54, 1.807) is 30.5 Å². The molecule has 158 valence electrons. The number of H-pyrrole nitrogens is 1. The van der Waals surface area contributed by atoms with E-state index >= 15 is 0 Å². The smallest absolute Gasteiger partial charge is 0.418 e. The Morgan fingerprint density at radius 1 is 1.06 bits per heavy atom. The van der Waals surface area contributed by atoms with Crippen molar-refractivity contribution in [2.75, 3.05) is 11.9 Å². The number of rotatable bonds is 6.